The third-order valence-electron chi connectivity index (χ3n) is 5.54. The SMILES string of the molecule is O=C(C[C@@H]1OC(CO)[C@@H](O[C@@H]2OC(CO)[C@H](O)[C@H](O)C2O)[C@H](O)C1O)C1CC1. The van der Waals surface area contributed by atoms with Gasteiger partial charge in [0.05, 0.1) is 19.3 Å². The van der Waals surface area contributed by atoms with Crippen LogP contribution in [-0.2, 0) is 19.0 Å². The van der Waals surface area contributed by atoms with Crippen molar-refractivity contribution in [2.24, 2.45) is 5.92 Å². The minimum atomic E-state index is -1.71. The van der Waals surface area contributed by atoms with Gasteiger partial charge in [-0.25, -0.2) is 0 Å². The Bertz CT molecular complexity index is 537. The lowest BCUT2D eigenvalue weighted by molar-refractivity contribution is -0.341. The van der Waals surface area contributed by atoms with E-state index in [1.54, 1.807) is 0 Å². The quantitative estimate of drug-likeness (QED) is 0.218. The number of carbonyl (C=O) groups is 1. The number of ketones is 1. The predicted octanol–water partition coefficient (Wildman–Crippen LogP) is -3.98. The monoisotopic (exact) mass is 408 g/mol. The summed E-state index contributed by atoms with van der Waals surface area (Å²) in [5.41, 5.74) is 0. The van der Waals surface area contributed by atoms with E-state index in [0.717, 1.165) is 12.8 Å². The fourth-order valence-electron chi connectivity index (χ4n) is 3.61. The highest BCUT2D eigenvalue weighted by Crippen LogP contribution is 2.34. The van der Waals surface area contributed by atoms with E-state index in [2.05, 4.69) is 0 Å². The molecule has 0 aromatic carbocycles. The molecule has 162 valence electrons. The topological polar surface area (TPSA) is 186 Å². The van der Waals surface area contributed by atoms with Crippen LogP contribution >= 0.6 is 0 Å². The largest absolute Gasteiger partial charge is 0.394 e. The van der Waals surface area contributed by atoms with Crippen molar-refractivity contribution < 1.29 is 54.8 Å². The molecule has 3 aliphatic rings. The highest BCUT2D eigenvalue weighted by molar-refractivity contribution is 5.83. The van der Waals surface area contributed by atoms with Crippen LogP contribution in [0.4, 0.5) is 0 Å². The van der Waals surface area contributed by atoms with Crippen LogP contribution in [-0.4, -0.2) is 116 Å². The molecule has 11 nitrogen and oxygen atoms in total. The van der Waals surface area contributed by atoms with Crippen LogP contribution in [0.25, 0.3) is 0 Å². The highest BCUT2D eigenvalue weighted by atomic mass is 16.7. The van der Waals surface area contributed by atoms with Crippen molar-refractivity contribution in [3.8, 4) is 0 Å². The summed E-state index contributed by atoms with van der Waals surface area (Å²) in [6.07, 6.45) is -12.9. The number of hydrogen-bond acceptors (Lipinski definition) is 11. The number of Topliss-reactive ketones (excluding diaryl/α,β-unsaturated/α-hetero) is 1. The van der Waals surface area contributed by atoms with Crippen LogP contribution in [0.2, 0.25) is 0 Å². The van der Waals surface area contributed by atoms with Crippen molar-refractivity contribution in [2.45, 2.75) is 80.5 Å². The molecule has 1 saturated carbocycles. The summed E-state index contributed by atoms with van der Waals surface area (Å²) in [5, 5.41) is 69.3. The van der Waals surface area contributed by atoms with Crippen LogP contribution in [0.15, 0.2) is 0 Å². The molecule has 11 heteroatoms. The van der Waals surface area contributed by atoms with Crippen molar-refractivity contribution in [2.75, 3.05) is 13.2 Å². The molecule has 4 unspecified atom stereocenters. The van der Waals surface area contributed by atoms with E-state index < -0.39 is 74.4 Å². The van der Waals surface area contributed by atoms with Gasteiger partial charge in [-0.05, 0) is 12.8 Å². The van der Waals surface area contributed by atoms with E-state index in [1.165, 1.54) is 0 Å². The molecule has 0 aromatic rings. The van der Waals surface area contributed by atoms with Crippen molar-refractivity contribution in [3.63, 3.8) is 0 Å². The van der Waals surface area contributed by atoms with Gasteiger partial charge in [0.15, 0.2) is 6.29 Å². The molecule has 7 N–H and O–H groups in total. The molecule has 2 aliphatic heterocycles. The summed E-state index contributed by atoms with van der Waals surface area (Å²) in [7, 11) is 0. The maximum absolute atomic E-state index is 12.0. The van der Waals surface area contributed by atoms with E-state index in [4.69, 9.17) is 14.2 Å². The van der Waals surface area contributed by atoms with Crippen molar-refractivity contribution in [1.82, 2.24) is 0 Å². The van der Waals surface area contributed by atoms with E-state index in [-0.39, 0.29) is 18.1 Å². The molecule has 1 aliphatic carbocycles. The van der Waals surface area contributed by atoms with Gasteiger partial charge in [-0.1, -0.05) is 0 Å². The Labute approximate surface area is 161 Å². The molecular formula is C17H28O11. The molecule has 0 spiro atoms. The van der Waals surface area contributed by atoms with Crippen molar-refractivity contribution in [3.05, 3.63) is 0 Å². The smallest absolute Gasteiger partial charge is 0.187 e. The minimum Gasteiger partial charge on any atom is -0.394 e. The molecule has 0 bridgehead atoms. The number of hydrogen-bond donors (Lipinski definition) is 7. The second-order valence-corrected chi connectivity index (χ2v) is 7.62. The first-order valence-corrected chi connectivity index (χ1v) is 9.39. The molecule has 10 atom stereocenters. The predicted molar refractivity (Wildman–Crippen MR) is 88.7 cm³/mol. The molecule has 3 rings (SSSR count). The highest BCUT2D eigenvalue weighted by Gasteiger charge is 2.50. The maximum atomic E-state index is 12.0. The standard InChI is InChI=1S/C17H28O11/c18-4-9-12(22)13(23)15(25)17(27-9)28-16-10(5-19)26-8(11(21)14(16)24)3-7(20)6-1-2-6/h6,8-19,21-25H,1-5H2/t8-,9?,10?,11?,12-,13-,14+,15?,16+,17-/m0/s1. The van der Waals surface area contributed by atoms with E-state index in [9.17, 15) is 40.5 Å². The Morgan fingerprint density at radius 1 is 0.786 bits per heavy atom. The molecular weight excluding hydrogens is 380 g/mol. The van der Waals surface area contributed by atoms with Crippen LogP contribution < -0.4 is 0 Å². The summed E-state index contributed by atoms with van der Waals surface area (Å²) >= 11 is 0. The molecule has 0 radical (unpaired) electrons. The van der Waals surface area contributed by atoms with Gasteiger partial charge in [0.2, 0.25) is 0 Å². The number of aliphatic hydroxyl groups excluding tert-OH is 7. The van der Waals surface area contributed by atoms with Gasteiger partial charge >= 0.3 is 0 Å². The summed E-state index contributed by atoms with van der Waals surface area (Å²) in [4.78, 5) is 12.0. The van der Waals surface area contributed by atoms with Gasteiger partial charge in [0.1, 0.15) is 54.6 Å². The maximum Gasteiger partial charge on any atom is 0.187 e. The van der Waals surface area contributed by atoms with E-state index in [1.807, 2.05) is 0 Å². The van der Waals surface area contributed by atoms with Crippen LogP contribution in [0.1, 0.15) is 19.3 Å². The Morgan fingerprint density at radius 3 is 1.96 bits per heavy atom. The number of ether oxygens (including phenoxy) is 3. The summed E-state index contributed by atoms with van der Waals surface area (Å²) in [6.45, 7) is -1.27. The Balaban J connectivity index is 1.68. The molecule has 2 heterocycles. The first-order valence-electron chi connectivity index (χ1n) is 9.39. The van der Waals surface area contributed by atoms with Gasteiger partial charge < -0.3 is 50.0 Å². The van der Waals surface area contributed by atoms with Crippen LogP contribution in [0.3, 0.4) is 0 Å². The first kappa shape index (κ1) is 22.0. The lowest BCUT2D eigenvalue weighted by Gasteiger charge is -2.46. The average molecular weight is 408 g/mol. The van der Waals surface area contributed by atoms with E-state index in [0.29, 0.717) is 0 Å². The van der Waals surface area contributed by atoms with Crippen molar-refractivity contribution in [1.29, 1.82) is 0 Å². The minimum absolute atomic E-state index is 0.0522. The van der Waals surface area contributed by atoms with Gasteiger partial charge in [-0.3, -0.25) is 4.79 Å². The Kier molecular flexibility index (Phi) is 7.03. The zero-order valence-electron chi connectivity index (χ0n) is 15.1. The van der Waals surface area contributed by atoms with Crippen LogP contribution in [0, 0.1) is 5.92 Å². The number of carbonyl (C=O) groups excluding carboxylic acids is 1. The average Bonchev–Trinajstić information content (AvgIpc) is 3.52. The summed E-state index contributed by atoms with van der Waals surface area (Å²) in [5.74, 6) is -0.134. The fourth-order valence-corrected chi connectivity index (χ4v) is 3.61. The van der Waals surface area contributed by atoms with Gasteiger partial charge in [-0.2, -0.15) is 0 Å². The zero-order valence-corrected chi connectivity index (χ0v) is 15.1. The summed E-state index contributed by atoms with van der Waals surface area (Å²) in [6, 6.07) is 0. The second-order valence-electron chi connectivity index (χ2n) is 7.62. The third kappa shape index (κ3) is 4.38. The van der Waals surface area contributed by atoms with Crippen LogP contribution in [0.5, 0.6) is 0 Å². The number of rotatable bonds is 7. The summed E-state index contributed by atoms with van der Waals surface area (Å²) < 4.78 is 16.2. The molecule has 0 amide bonds. The Hall–Kier alpha value is -0.730. The Morgan fingerprint density at radius 2 is 1.39 bits per heavy atom. The van der Waals surface area contributed by atoms with Crippen molar-refractivity contribution >= 4 is 5.78 Å². The van der Waals surface area contributed by atoms with Gasteiger partial charge in [-0.15, -0.1) is 0 Å². The molecule has 2 saturated heterocycles. The van der Waals surface area contributed by atoms with E-state index >= 15 is 0 Å². The zero-order chi connectivity index (χ0) is 20.6. The first-order chi connectivity index (χ1) is 13.3. The lowest BCUT2D eigenvalue weighted by atomic mass is 9.91. The van der Waals surface area contributed by atoms with Gasteiger partial charge in [0.25, 0.3) is 0 Å². The lowest BCUT2D eigenvalue weighted by Crippen LogP contribution is -2.64. The number of aliphatic hydroxyl groups is 7. The molecule has 28 heavy (non-hydrogen) atoms. The third-order valence-corrected chi connectivity index (χ3v) is 5.54. The molecule has 3 fully saturated rings. The molecule has 0 aromatic heterocycles. The fraction of sp³-hybridized carbons (Fsp3) is 0.941. The second kappa shape index (κ2) is 8.96. The normalized spacial score (nSPS) is 47.1. The van der Waals surface area contributed by atoms with Gasteiger partial charge in [0, 0.05) is 12.3 Å².